The van der Waals surface area contributed by atoms with E-state index in [1.54, 1.807) is 19.1 Å². The first-order chi connectivity index (χ1) is 9.60. The number of likely N-dealkylation sites (N-methyl/N-ethyl adjacent to an activating group) is 1. The number of methoxy groups -OCH3 is 1. The molecule has 0 aromatic heterocycles. The summed E-state index contributed by atoms with van der Waals surface area (Å²) in [6.07, 6.45) is 1.85. The Hall–Kier alpha value is -1.85. The fourth-order valence-electron chi connectivity index (χ4n) is 2.43. The third-order valence-electron chi connectivity index (χ3n) is 3.59. The van der Waals surface area contributed by atoms with Crippen molar-refractivity contribution in [3.8, 4) is 0 Å². The highest BCUT2D eigenvalue weighted by Gasteiger charge is 2.32. The minimum Gasteiger partial charge on any atom is -0.383 e. The molecule has 1 aliphatic heterocycles. The fraction of sp³-hybridized carbons (Fsp3) is 0.400. The highest BCUT2D eigenvalue weighted by Crippen LogP contribution is 2.36. The molecule has 5 heteroatoms. The molecule has 0 saturated carbocycles. The molecule has 0 fully saturated rings. The second-order valence-electron chi connectivity index (χ2n) is 4.85. The third kappa shape index (κ3) is 2.55. The summed E-state index contributed by atoms with van der Waals surface area (Å²) in [7, 11) is 3.44. The van der Waals surface area contributed by atoms with Crippen LogP contribution < -0.4 is 15.5 Å². The Morgan fingerprint density at radius 2 is 2.30 bits per heavy atom. The van der Waals surface area contributed by atoms with Gasteiger partial charge in [-0.2, -0.15) is 0 Å². The van der Waals surface area contributed by atoms with Crippen LogP contribution in [0.4, 0.5) is 11.4 Å². The van der Waals surface area contributed by atoms with Crippen LogP contribution in [0.25, 0.3) is 0 Å². The highest BCUT2D eigenvalue weighted by atomic mass is 16.5. The molecule has 0 aliphatic carbocycles. The predicted octanol–water partition coefficient (Wildman–Crippen LogP) is 1.30. The molecule has 0 saturated heterocycles. The van der Waals surface area contributed by atoms with Crippen molar-refractivity contribution in [2.24, 2.45) is 5.73 Å². The molecule has 0 bridgehead atoms. The molecule has 1 heterocycles. The third-order valence-corrected chi connectivity index (χ3v) is 3.59. The van der Waals surface area contributed by atoms with Crippen LogP contribution in [0.1, 0.15) is 11.6 Å². The Morgan fingerprint density at radius 3 is 2.95 bits per heavy atom. The summed E-state index contributed by atoms with van der Waals surface area (Å²) < 4.78 is 5.13. The summed E-state index contributed by atoms with van der Waals surface area (Å²) >= 11 is 0. The lowest BCUT2D eigenvalue weighted by Crippen LogP contribution is -2.28. The summed E-state index contributed by atoms with van der Waals surface area (Å²) in [5, 5.41) is 0. The number of hydrogen-bond acceptors (Lipinski definition) is 4. The molecule has 108 valence electrons. The van der Waals surface area contributed by atoms with Crippen molar-refractivity contribution in [2.45, 2.75) is 6.04 Å². The van der Waals surface area contributed by atoms with E-state index in [2.05, 4.69) is 11.5 Å². The minimum absolute atomic E-state index is 0.0655. The van der Waals surface area contributed by atoms with Crippen molar-refractivity contribution < 1.29 is 9.53 Å². The number of carbonyl (C=O) groups is 1. The molecule has 1 atom stereocenters. The number of nitrogens with two attached hydrogens (primary N) is 1. The van der Waals surface area contributed by atoms with Gasteiger partial charge >= 0.3 is 0 Å². The average molecular weight is 275 g/mol. The van der Waals surface area contributed by atoms with Gasteiger partial charge in [0, 0.05) is 38.5 Å². The van der Waals surface area contributed by atoms with Crippen molar-refractivity contribution in [1.29, 1.82) is 0 Å². The molecule has 0 radical (unpaired) electrons. The van der Waals surface area contributed by atoms with Gasteiger partial charge in [-0.3, -0.25) is 4.79 Å². The van der Waals surface area contributed by atoms with Gasteiger partial charge in [0.15, 0.2) is 0 Å². The number of anilines is 2. The van der Waals surface area contributed by atoms with E-state index in [-0.39, 0.29) is 5.91 Å². The maximum atomic E-state index is 11.9. The Morgan fingerprint density at radius 1 is 1.55 bits per heavy atom. The molecular weight excluding hydrogens is 254 g/mol. The van der Waals surface area contributed by atoms with Crippen LogP contribution in [0.15, 0.2) is 30.9 Å². The smallest absolute Gasteiger partial charge is 0.248 e. The van der Waals surface area contributed by atoms with Crippen LogP contribution in [0.3, 0.4) is 0 Å². The van der Waals surface area contributed by atoms with Gasteiger partial charge in [-0.1, -0.05) is 12.1 Å². The number of carbonyl (C=O) groups excluding carboxylic acids is 1. The van der Waals surface area contributed by atoms with Crippen molar-refractivity contribution in [3.63, 3.8) is 0 Å². The van der Waals surface area contributed by atoms with Gasteiger partial charge in [0.25, 0.3) is 0 Å². The van der Waals surface area contributed by atoms with E-state index < -0.39 is 6.04 Å². The van der Waals surface area contributed by atoms with Gasteiger partial charge in [0.1, 0.15) is 6.04 Å². The van der Waals surface area contributed by atoms with Gasteiger partial charge in [0.2, 0.25) is 5.91 Å². The van der Waals surface area contributed by atoms with E-state index in [1.165, 1.54) is 0 Å². The molecule has 1 aliphatic rings. The van der Waals surface area contributed by atoms with Crippen LogP contribution in [0, 0.1) is 0 Å². The highest BCUT2D eigenvalue weighted by molar-refractivity contribution is 6.04. The standard InChI is InChI=1S/C15H21N3O2/c1-4-7-18(8-9-20-3)11-5-6-12-13(10-11)17(2)15(19)14(12)16/h4-6,10,14H,1,7-9,16H2,2-3H3. The van der Waals surface area contributed by atoms with E-state index in [0.29, 0.717) is 6.61 Å². The molecule has 2 N–H and O–H groups in total. The molecule has 1 unspecified atom stereocenters. The molecule has 5 nitrogen and oxygen atoms in total. The molecule has 2 rings (SSSR count). The zero-order valence-corrected chi connectivity index (χ0v) is 12.0. The second kappa shape index (κ2) is 6.07. The van der Waals surface area contributed by atoms with Crippen molar-refractivity contribution in [1.82, 2.24) is 0 Å². The fourth-order valence-corrected chi connectivity index (χ4v) is 2.43. The van der Waals surface area contributed by atoms with Gasteiger partial charge in [-0.25, -0.2) is 0 Å². The number of amides is 1. The lowest BCUT2D eigenvalue weighted by atomic mass is 10.1. The average Bonchev–Trinajstić information content (AvgIpc) is 2.68. The Kier molecular flexibility index (Phi) is 4.42. The minimum atomic E-state index is -0.545. The van der Waals surface area contributed by atoms with E-state index in [1.807, 2.05) is 24.3 Å². The summed E-state index contributed by atoms with van der Waals surface area (Å²) in [6.45, 7) is 5.91. The summed E-state index contributed by atoms with van der Waals surface area (Å²) in [5.74, 6) is -0.0655. The van der Waals surface area contributed by atoms with Gasteiger partial charge in [0.05, 0.1) is 12.3 Å². The summed E-state index contributed by atoms with van der Waals surface area (Å²) in [4.78, 5) is 15.7. The maximum absolute atomic E-state index is 11.9. The van der Waals surface area contributed by atoms with Gasteiger partial charge in [-0.15, -0.1) is 6.58 Å². The number of rotatable bonds is 6. The number of ether oxygens (including phenoxy) is 1. The predicted molar refractivity (Wildman–Crippen MR) is 81.1 cm³/mol. The van der Waals surface area contributed by atoms with Crippen molar-refractivity contribution >= 4 is 17.3 Å². The topological polar surface area (TPSA) is 58.8 Å². The summed E-state index contributed by atoms with van der Waals surface area (Å²) in [5.41, 5.74) is 8.70. The van der Waals surface area contributed by atoms with Crippen LogP contribution >= 0.6 is 0 Å². The number of benzene rings is 1. The lowest BCUT2D eigenvalue weighted by molar-refractivity contribution is -0.118. The molecule has 0 spiro atoms. The van der Waals surface area contributed by atoms with Crippen molar-refractivity contribution in [3.05, 3.63) is 36.4 Å². The number of fused-ring (bicyclic) bond motifs is 1. The Bertz CT molecular complexity index is 516. The molecule has 1 aromatic rings. The van der Waals surface area contributed by atoms with Crippen molar-refractivity contribution in [2.75, 3.05) is 43.7 Å². The maximum Gasteiger partial charge on any atom is 0.248 e. The molecule has 20 heavy (non-hydrogen) atoms. The zero-order valence-electron chi connectivity index (χ0n) is 12.0. The number of nitrogens with zero attached hydrogens (tertiary/aromatic N) is 2. The monoisotopic (exact) mass is 275 g/mol. The van der Waals surface area contributed by atoms with Crippen LogP contribution in [-0.4, -0.2) is 39.8 Å². The Labute approximate surface area is 119 Å². The normalized spacial score (nSPS) is 17.2. The zero-order chi connectivity index (χ0) is 14.7. The van der Waals surface area contributed by atoms with E-state index in [9.17, 15) is 4.79 Å². The quantitative estimate of drug-likeness (QED) is 0.795. The molecule has 1 aromatic carbocycles. The molecule has 1 amide bonds. The SMILES string of the molecule is C=CCN(CCOC)c1ccc2c(c1)N(C)C(=O)C2N. The first-order valence-electron chi connectivity index (χ1n) is 6.62. The lowest BCUT2D eigenvalue weighted by Gasteiger charge is -2.24. The summed E-state index contributed by atoms with van der Waals surface area (Å²) in [6, 6.07) is 5.37. The Balaban J connectivity index is 2.30. The first-order valence-corrected chi connectivity index (χ1v) is 6.62. The van der Waals surface area contributed by atoms with Crippen LogP contribution in [0.5, 0.6) is 0 Å². The van der Waals surface area contributed by atoms with E-state index >= 15 is 0 Å². The van der Waals surface area contributed by atoms with Crippen LogP contribution in [0.2, 0.25) is 0 Å². The van der Waals surface area contributed by atoms with Crippen LogP contribution in [-0.2, 0) is 9.53 Å². The molecular formula is C15H21N3O2. The van der Waals surface area contributed by atoms with E-state index in [4.69, 9.17) is 10.5 Å². The number of hydrogen-bond donors (Lipinski definition) is 1. The van der Waals surface area contributed by atoms with Gasteiger partial charge in [-0.05, 0) is 12.1 Å². The second-order valence-corrected chi connectivity index (χ2v) is 4.85. The van der Waals surface area contributed by atoms with Gasteiger partial charge < -0.3 is 20.3 Å². The largest absolute Gasteiger partial charge is 0.383 e. The first kappa shape index (κ1) is 14.6. The van der Waals surface area contributed by atoms with E-state index in [0.717, 1.165) is 30.0 Å².